The van der Waals surface area contributed by atoms with Crippen LogP contribution in [0.1, 0.15) is 12.8 Å². The largest absolute Gasteiger partial charge is 0.392 e. The van der Waals surface area contributed by atoms with Crippen molar-refractivity contribution < 1.29 is 4.79 Å². The van der Waals surface area contributed by atoms with Crippen molar-refractivity contribution in [2.45, 2.75) is 12.8 Å². The van der Waals surface area contributed by atoms with Crippen molar-refractivity contribution >= 4 is 40.4 Å². The maximum absolute atomic E-state index is 11.9. The summed E-state index contributed by atoms with van der Waals surface area (Å²) in [7, 11) is 0. The number of amides is 1. The minimum atomic E-state index is -0.627. The molecule has 0 saturated heterocycles. The highest BCUT2D eigenvalue weighted by Crippen LogP contribution is 2.46. The van der Waals surface area contributed by atoms with Gasteiger partial charge in [-0.15, -0.1) is 0 Å². The molecule has 1 aliphatic rings. The fourth-order valence-corrected chi connectivity index (χ4v) is 2.01. The van der Waals surface area contributed by atoms with E-state index in [-0.39, 0.29) is 10.9 Å². The number of nitrogens with two attached hydrogens (primary N) is 1. The Labute approximate surface area is 104 Å². The molecular weight excluding hydrogens is 244 g/mol. The van der Waals surface area contributed by atoms with Gasteiger partial charge in [0.1, 0.15) is 0 Å². The molecule has 1 aromatic carbocycles. The lowest BCUT2D eigenvalue weighted by atomic mass is 10.1. The lowest BCUT2D eigenvalue weighted by molar-refractivity contribution is -0.118. The maximum Gasteiger partial charge on any atom is 0.237 e. The lowest BCUT2D eigenvalue weighted by Crippen LogP contribution is -2.34. The zero-order valence-electron chi connectivity index (χ0n) is 8.50. The van der Waals surface area contributed by atoms with Crippen LogP contribution in [0.2, 0.25) is 5.02 Å². The number of carbonyl (C=O) groups excluding carboxylic acids is 1. The SMILES string of the molecule is NC(=S)C1(C(=O)Nc2cccc(Cl)c2)CC1. The highest BCUT2D eigenvalue weighted by molar-refractivity contribution is 7.80. The van der Waals surface area contributed by atoms with Gasteiger partial charge in [0.15, 0.2) is 0 Å². The third kappa shape index (κ3) is 2.03. The van der Waals surface area contributed by atoms with E-state index < -0.39 is 5.41 Å². The fraction of sp³-hybridized carbons (Fsp3) is 0.273. The van der Waals surface area contributed by atoms with Gasteiger partial charge < -0.3 is 11.1 Å². The van der Waals surface area contributed by atoms with Crippen LogP contribution in [0.3, 0.4) is 0 Å². The molecule has 0 spiro atoms. The van der Waals surface area contributed by atoms with Gasteiger partial charge in [0.05, 0.1) is 10.4 Å². The second-order valence-electron chi connectivity index (χ2n) is 3.91. The summed E-state index contributed by atoms with van der Waals surface area (Å²) in [5.74, 6) is -0.137. The molecule has 16 heavy (non-hydrogen) atoms. The Bertz CT molecular complexity index is 457. The topological polar surface area (TPSA) is 55.1 Å². The Morgan fingerprint density at radius 1 is 1.50 bits per heavy atom. The number of halogens is 1. The van der Waals surface area contributed by atoms with E-state index in [1.807, 2.05) is 0 Å². The molecule has 0 bridgehead atoms. The second kappa shape index (κ2) is 4.03. The first-order valence-electron chi connectivity index (χ1n) is 4.91. The number of thiocarbonyl (C=S) groups is 1. The molecule has 0 atom stereocenters. The van der Waals surface area contributed by atoms with E-state index in [1.165, 1.54) is 0 Å². The number of benzene rings is 1. The second-order valence-corrected chi connectivity index (χ2v) is 4.79. The predicted molar refractivity (Wildman–Crippen MR) is 68.5 cm³/mol. The molecule has 1 aromatic rings. The number of anilines is 1. The summed E-state index contributed by atoms with van der Waals surface area (Å²) in [6, 6.07) is 6.99. The van der Waals surface area contributed by atoms with Gasteiger partial charge in [-0.25, -0.2) is 0 Å². The Morgan fingerprint density at radius 2 is 2.19 bits per heavy atom. The van der Waals surface area contributed by atoms with Crippen molar-refractivity contribution in [1.82, 2.24) is 0 Å². The first-order valence-corrected chi connectivity index (χ1v) is 5.70. The Morgan fingerprint density at radius 3 is 2.69 bits per heavy atom. The molecule has 3 N–H and O–H groups in total. The lowest BCUT2D eigenvalue weighted by Gasteiger charge is -2.13. The molecule has 0 unspecified atom stereocenters. The van der Waals surface area contributed by atoms with Gasteiger partial charge in [0.25, 0.3) is 0 Å². The molecule has 0 aromatic heterocycles. The Kier molecular flexibility index (Phi) is 2.86. The van der Waals surface area contributed by atoms with Crippen LogP contribution in [0.5, 0.6) is 0 Å². The number of carbonyl (C=O) groups is 1. The van der Waals surface area contributed by atoms with E-state index in [9.17, 15) is 4.79 Å². The quantitative estimate of drug-likeness (QED) is 0.814. The highest BCUT2D eigenvalue weighted by atomic mass is 35.5. The molecule has 1 aliphatic carbocycles. The molecule has 0 heterocycles. The van der Waals surface area contributed by atoms with Gasteiger partial charge in [0.2, 0.25) is 5.91 Å². The van der Waals surface area contributed by atoms with E-state index in [0.717, 1.165) is 12.8 Å². The van der Waals surface area contributed by atoms with Crippen LogP contribution in [0.4, 0.5) is 5.69 Å². The molecule has 1 saturated carbocycles. The van der Waals surface area contributed by atoms with Gasteiger partial charge in [-0.1, -0.05) is 29.9 Å². The van der Waals surface area contributed by atoms with Crippen LogP contribution in [-0.2, 0) is 4.79 Å². The molecule has 1 amide bonds. The molecular formula is C11H11ClN2OS. The number of nitrogens with one attached hydrogen (secondary N) is 1. The van der Waals surface area contributed by atoms with Crippen molar-refractivity contribution in [2.24, 2.45) is 11.1 Å². The van der Waals surface area contributed by atoms with Crippen molar-refractivity contribution in [3.63, 3.8) is 0 Å². The number of rotatable bonds is 3. The van der Waals surface area contributed by atoms with E-state index in [2.05, 4.69) is 5.32 Å². The summed E-state index contributed by atoms with van der Waals surface area (Å²) >= 11 is 10.7. The zero-order chi connectivity index (χ0) is 11.8. The standard InChI is InChI=1S/C11H11ClN2OS/c12-7-2-1-3-8(6-7)14-10(15)11(4-5-11)9(13)16/h1-3,6H,4-5H2,(H2,13,16)(H,14,15). The number of hydrogen-bond acceptors (Lipinski definition) is 2. The fourth-order valence-electron chi connectivity index (χ4n) is 1.53. The highest BCUT2D eigenvalue weighted by Gasteiger charge is 2.52. The van der Waals surface area contributed by atoms with Gasteiger partial charge in [-0.3, -0.25) is 4.79 Å². The third-order valence-corrected chi connectivity index (χ3v) is 3.36. The first-order chi connectivity index (χ1) is 7.54. The van der Waals surface area contributed by atoms with Crippen LogP contribution in [-0.4, -0.2) is 10.9 Å². The van der Waals surface area contributed by atoms with Crippen LogP contribution < -0.4 is 11.1 Å². The summed E-state index contributed by atoms with van der Waals surface area (Å²) in [4.78, 5) is 12.2. The van der Waals surface area contributed by atoms with E-state index in [0.29, 0.717) is 10.7 Å². The molecule has 0 aliphatic heterocycles. The third-order valence-electron chi connectivity index (χ3n) is 2.74. The first kappa shape index (κ1) is 11.4. The van der Waals surface area contributed by atoms with E-state index in [1.54, 1.807) is 24.3 Å². The minimum absolute atomic E-state index is 0.137. The van der Waals surface area contributed by atoms with Crippen LogP contribution >= 0.6 is 23.8 Å². The van der Waals surface area contributed by atoms with Crippen molar-refractivity contribution in [2.75, 3.05) is 5.32 Å². The molecule has 84 valence electrons. The van der Waals surface area contributed by atoms with Crippen molar-refractivity contribution in [3.05, 3.63) is 29.3 Å². The monoisotopic (exact) mass is 254 g/mol. The normalized spacial score (nSPS) is 16.6. The minimum Gasteiger partial charge on any atom is -0.392 e. The molecule has 1 fully saturated rings. The van der Waals surface area contributed by atoms with Crippen LogP contribution in [0.15, 0.2) is 24.3 Å². The maximum atomic E-state index is 11.9. The summed E-state index contributed by atoms with van der Waals surface area (Å²) in [6.45, 7) is 0. The Hall–Kier alpha value is -1.13. The zero-order valence-corrected chi connectivity index (χ0v) is 10.1. The summed E-state index contributed by atoms with van der Waals surface area (Å²) < 4.78 is 0. The van der Waals surface area contributed by atoms with E-state index >= 15 is 0 Å². The van der Waals surface area contributed by atoms with Crippen LogP contribution in [0.25, 0.3) is 0 Å². The molecule has 0 radical (unpaired) electrons. The number of hydrogen-bond donors (Lipinski definition) is 2. The smallest absolute Gasteiger partial charge is 0.237 e. The molecule has 2 rings (SSSR count). The summed E-state index contributed by atoms with van der Waals surface area (Å²) in [6.07, 6.45) is 1.46. The Balaban J connectivity index is 2.11. The average molecular weight is 255 g/mol. The van der Waals surface area contributed by atoms with E-state index in [4.69, 9.17) is 29.6 Å². The predicted octanol–water partition coefficient (Wildman–Crippen LogP) is 2.34. The molecule has 3 nitrogen and oxygen atoms in total. The van der Waals surface area contributed by atoms with Gasteiger partial charge in [-0.2, -0.15) is 0 Å². The average Bonchev–Trinajstić information content (AvgIpc) is 2.97. The van der Waals surface area contributed by atoms with Crippen molar-refractivity contribution in [3.8, 4) is 0 Å². The summed E-state index contributed by atoms with van der Waals surface area (Å²) in [5.41, 5.74) is 5.60. The summed E-state index contributed by atoms with van der Waals surface area (Å²) in [5, 5.41) is 3.36. The van der Waals surface area contributed by atoms with Gasteiger partial charge in [-0.05, 0) is 31.0 Å². The molecule has 5 heteroatoms. The van der Waals surface area contributed by atoms with Crippen LogP contribution in [0, 0.1) is 5.41 Å². The van der Waals surface area contributed by atoms with Gasteiger partial charge >= 0.3 is 0 Å². The van der Waals surface area contributed by atoms with Crippen molar-refractivity contribution in [1.29, 1.82) is 0 Å². The van der Waals surface area contributed by atoms with Gasteiger partial charge in [0, 0.05) is 10.7 Å².